The number of halogens is 1. The number of anilines is 1. The molecule has 1 aromatic carbocycles. The molecule has 30 heavy (non-hydrogen) atoms. The molecule has 0 bridgehead atoms. The molecule has 0 unspecified atom stereocenters. The Kier molecular flexibility index (Phi) is 4.41. The first-order valence-electron chi connectivity index (χ1n) is 10.3. The predicted octanol–water partition coefficient (Wildman–Crippen LogP) is 3.28. The van der Waals surface area contributed by atoms with Gasteiger partial charge in [-0.15, -0.1) is 0 Å². The van der Waals surface area contributed by atoms with Crippen molar-refractivity contribution in [3.05, 3.63) is 59.9 Å². The SMILES string of the molecule is CC(=O)N1CC[C@@](C)(c2nccnc2C2CN(c3ccc4cc(F)ccc4n3)C2)C1. The molecule has 2 saturated heterocycles. The minimum Gasteiger partial charge on any atom is -0.355 e. The fraction of sp³-hybridized carbons (Fsp3) is 0.391. The van der Waals surface area contributed by atoms with Crippen molar-refractivity contribution in [2.75, 3.05) is 31.1 Å². The minimum absolute atomic E-state index is 0.112. The summed E-state index contributed by atoms with van der Waals surface area (Å²) in [6, 6.07) is 8.52. The van der Waals surface area contributed by atoms with Crippen molar-refractivity contribution in [2.45, 2.75) is 31.6 Å². The molecule has 2 aromatic heterocycles. The number of benzene rings is 1. The second-order valence-electron chi connectivity index (χ2n) is 8.65. The number of hydrogen-bond donors (Lipinski definition) is 0. The van der Waals surface area contributed by atoms with Crippen molar-refractivity contribution >= 4 is 22.6 Å². The lowest BCUT2D eigenvalue weighted by molar-refractivity contribution is -0.127. The van der Waals surface area contributed by atoms with Gasteiger partial charge in [-0.25, -0.2) is 9.37 Å². The summed E-state index contributed by atoms with van der Waals surface area (Å²) in [4.78, 5) is 30.0. The van der Waals surface area contributed by atoms with E-state index in [0.717, 1.165) is 54.2 Å². The van der Waals surface area contributed by atoms with E-state index in [-0.39, 0.29) is 23.1 Å². The molecular weight excluding hydrogens is 381 g/mol. The maximum Gasteiger partial charge on any atom is 0.219 e. The number of carbonyl (C=O) groups excluding carboxylic acids is 1. The fourth-order valence-electron chi connectivity index (χ4n) is 4.64. The zero-order valence-electron chi connectivity index (χ0n) is 17.2. The lowest BCUT2D eigenvalue weighted by Crippen LogP contribution is -2.47. The highest BCUT2D eigenvalue weighted by molar-refractivity contribution is 5.80. The summed E-state index contributed by atoms with van der Waals surface area (Å²) in [5, 5.41) is 0.802. The summed E-state index contributed by atoms with van der Waals surface area (Å²) >= 11 is 0. The number of amides is 1. The van der Waals surface area contributed by atoms with Crippen molar-refractivity contribution < 1.29 is 9.18 Å². The Hall–Kier alpha value is -3.09. The number of aromatic nitrogens is 3. The number of rotatable bonds is 3. The van der Waals surface area contributed by atoms with Gasteiger partial charge in [-0.2, -0.15) is 0 Å². The summed E-state index contributed by atoms with van der Waals surface area (Å²) in [6.45, 7) is 6.89. The second-order valence-corrected chi connectivity index (χ2v) is 8.65. The molecule has 1 atom stereocenters. The largest absolute Gasteiger partial charge is 0.355 e. The molecule has 6 nitrogen and oxygen atoms in total. The van der Waals surface area contributed by atoms with E-state index in [1.165, 1.54) is 12.1 Å². The predicted molar refractivity (Wildman–Crippen MR) is 113 cm³/mol. The molecule has 2 aliphatic heterocycles. The van der Waals surface area contributed by atoms with Crippen LogP contribution in [0.15, 0.2) is 42.7 Å². The zero-order chi connectivity index (χ0) is 20.9. The molecule has 0 aliphatic carbocycles. The quantitative estimate of drug-likeness (QED) is 0.669. The van der Waals surface area contributed by atoms with Crippen molar-refractivity contribution in [2.24, 2.45) is 0 Å². The van der Waals surface area contributed by atoms with Gasteiger partial charge >= 0.3 is 0 Å². The number of likely N-dealkylation sites (tertiary alicyclic amines) is 1. The van der Waals surface area contributed by atoms with E-state index in [1.807, 2.05) is 17.0 Å². The minimum atomic E-state index is -0.250. The Morgan fingerprint density at radius 3 is 2.73 bits per heavy atom. The molecule has 0 radical (unpaired) electrons. The maximum atomic E-state index is 13.4. The van der Waals surface area contributed by atoms with E-state index < -0.39 is 0 Å². The van der Waals surface area contributed by atoms with Gasteiger partial charge in [0.2, 0.25) is 5.91 Å². The van der Waals surface area contributed by atoms with Gasteiger partial charge in [-0.1, -0.05) is 6.92 Å². The Labute approximate surface area is 174 Å². The summed E-state index contributed by atoms with van der Waals surface area (Å²) in [6.07, 6.45) is 4.41. The van der Waals surface area contributed by atoms with Crippen molar-refractivity contribution in [3.63, 3.8) is 0 Å². The lowest BCUT2D eigenvalue weighted by atomic mass is 9.80. The van der Waals surface area contributed by atoms with Gasteiger partial charge in [0.1, 0.15) is 11.6 Å². The first-order valence-corrected chi connectivity index (χ1v) is 10.3. The topological polar surface area (TPSA) is 62.2 Å². The molecule has 7 heteroatoms. The van der Waals surface area contributed by atoms with Gasteiger partial charge in [0.05, 0.1) is 16.9 Å². The van der Waals surface area contributed by atoms with Crippen LogP contribution in [-0.4, -0.2) is 51.9 Å². The summed E-state index contributed by atoms with van der Waals surface area (Å²) in [5.74, 6) is 1.04. The highest BCUT2D eigenvalue weighted by atomic mass is 19.1. The molecule has 0 N–H and O–H groups in total. The van der Waals surface area contributed by atoms with Crippen molar-refractivity contribution in [1.82, 2.24) is 19.9 Å². The van der Waals surface area contributed by atoms with Crippen molar-refractivity contribution in [3.8, 4) is 0 Å². The van der Waals surface area contributed by atoms with E-state index in [1.54, 1.807) is 25.4 Å². The summed E-state index contributed by atoms with van der Waals surface area (Å²) in [5.41, 5.74) is 2.67. The molecule has 2 aliphatic rings. The first kappa shape index (κ1) is 18.9. The van der Waals surface area contributed by atoms with Crippen LogP contribution < -0.4 is 4.90 Å². The number of fused-ring (bicyclic) bond motifs is 1. The van der Waals surface area contributed by atoms with Crippen LogP contribution in [0.2, 0.25) is 0 Å². The molecule has 4 heterocycles. The Bertz CT molecular complexity index is 1130. The Morgan fingerprint density at radius 1 is 1.17 bits per heavy atom. The van der Waals surface area contributed by atoms with Gasteiger partial charge in [0, 0.05) is 62.2 Å². The van der Waals surface area contributed by atoms with Gasteiger partial charge < -0.3 is 9.80 Å². The highest BCUT2D eigenvalue weighted by Crippen LogP contribution is 2.39. The van der Waals surface area contributed by atoms with Crippen LogP contribution in [0.1, 0.15) is 37.6 Å². The van der Waals surface area contributed by atoms with Gasteiger partial charge in [0.25, 0.3) is 0 Å². The smallest absolute Gasteiger partial charge is 0.219 e. The fourth-order valence-corrected chi connectivity index (χ4v) is 4.64. The molecule has 0 saturated carbocycles. The van der Waals surface area contributed by atoms with Crippen LogP contribution in [0.3, 0.4) is 0 Å². The molecule has 5 rings (SSSR count). The molecule has 1 amide bonds. The van der Waals surface area contributed by atoms with Crippen LogP contribution in [-0.2, 0) is 10.2 Å². The molecule has 2 fully saturated rings. The third-order valence-corrected chi connectivity index (χ3v) is 6.45. The summed E-state index contributed by atoms with van der Waals surface area (Å²) < 4.78 is 13.4. The third kappa shape index (κ3) is 3.18. The third-order valence-electron chi connectivity index (χ3n) is 6.45. The second kappa shape index (κ2) is 7.00. The van der Waals surface area contributed by atoms with Crippen molar-refractivity contribution in [1.29, 1.82) is 0 Å². The van der Waals surface area contributed by atoms with Gasteiger partial charge in [0.15, 0.2) is 0 Å². The molecule has 154 valence electrons. The van der Waals surface area contributed by atoms with Crippen LogP contribution in [0.4, 0.5) is 10.2 Å². The van der Waals surface area contributed by atoms with E-state index in [2.05, 4.69) is 16.8 Å². The van der Waals surface area contributed by atoms with Crippen LogP contribution in [0.25, 0.3) is 10.9 Å². The number of pyridine rings is 1. The average Bonchev–Trinajstić information content (AvgIpc) is 3.11. The normalized spacial score (nSPS) is 21.8. The molecular formula is C23H24FN5O. The van der Waals surface area contributed by atoms with Crippen LogP contribution in [0, 0.1) is 5.82 Å². The molecule has 3 aromatic rings. The number of carbonyl (C=O) groups is 1. The number of hydrogen-bond acceptors (Lipinski definition) is 5. The van der Waals surface area contributed by atoms with Crippen LogP contribution in [0.5, 0.6) is 0 Å². The van der Waals surface area contributed by atoms with Gasteiger partial charge in [-0.3, -0.25) is 14.8 Å². The number of nitrogens with zero attached hydrogens (tertiary/aromatic N) is 5. The highest BCUT2D eigenvalue weighted by Gasteiger charge is 2.42. The van der Waals surface area contributed by atoms with Gasteiger partial charge in [-0.05, 0) is 36.8 Å². The average molecular weight is 405 g/mol. The van der Waals surface area contributed by atoms with E-state index in [0.29, 0.717) is 6.54 Å². The summed E-state index contributed by atoms with van der Waals surface area (Å²) in [7, 11) is 0. The Balaban J connectivity index is 1.36. The Morgan fingerprint density at radius 2 is 1.97 bits per heavy atom. The van der Waals surface area contributed by atoms with E-state index >= 15 is 0 Å². The van der Waals surface area contributed by atoms with E-state index in [4.69, 9.17) is 9.97 Å². The van der Waals surface area contributed by atoms with E-state index in [9.17, 15) is 9.18 Å². The monoisotopic (exact) mass is 405 g/mol. The zero-order valence-corrected chi connectivity index (χ0v) is 17.2. The first-order chi connectivity index (χ1) is 14.4. The standard InChI is InChI=1S/C23H24FN5O/c1-15(30)28-10-7-23(2,14-28)22-21(25-8-9-26-22)17-12-29(13-17)20-6-3-16-11-18(24)4-5-19(16)27-20/h3-6,8-9,11,17H,7,10,12-14H2,1-2H3/t23-/m1/s1. The lowest BCUT2D eigenvalue weighted by Gasteiger charge is -2.41. The molecule has 0 spiro atoms. The van der Waals surface area contributed by atoms with Crippen LogP contribution >= 0.6 is 0 Å². The maximum absolute atomic E-state index is 13.4.